The number of amides is 1. The van der Waals surface area contributed by atoms with Crippen LogP contribution in [0.2, 0.25) is 0 Å². The largest absolute Gasteiger partial charge is 0.393 e. The highest BCUT2D eigenvalue weighted by molar-refractivity contribution is 5.94. The fourth-order valence-corrected chi connectivity index (χ4v) is 2.87. The monoisotopic (exact) mass is 308 g/mol. The minimum absolute atomic E-state index is 0.0767. The molecule has 0 saturated heterocycles. The van der Waals surface area contributed by atoms with E-state index in [0.29, 0.717) is 6.42 Å². The van der Waals surface area contributed by atoms with Crippen LogP contribution in [-0.2, 0) is 0 Å². The topological polar surface area (TPSA) is 64.3 Å². The van der Waals surface area contributed by atoms with Crippen molar-refractivity contribution in [1.29, 1.82) is 5.26 Å². The summed E-state index contributed by atoms with van der Waals surface area (Å²) in [6, 6.07) is 3.33. The summed E-state index contributed by atoms with van der Waals surface area (Å²) in [6.07, 6.45) is 2.92. The van der Waals surface area contributed by atoms with Gasteiger partial charge in [0.15, 0.2) is 0 Å². The molecule has 118 valence electrons. The van der Waals surface area contributed by atoms with Crippen LogP contribution in [-0.4, -0.2) is 35.6 Å². The van der Waals surface area contributed by atoms with E-state index in [2.05, 4.69) is 0 Å². The Morgan fingerprint density at radius 1 is 1.36 bits per heavy atom. The predicted molar refractivity (Wildman–Crippen MR) is 76.0 cm³/mol. The number of hydrogen-bond acceptors (Lipinski definition) is 3. The summed E-state index contributed by atoms with van der Waals surface area (Å²) in [4.78, 5) is 13.5. The third kappa shape index (κ3) is 3.42. The molecule has 0 aliphatic heterocycles. The zero-order chi connectivity index (χ0) is 16.3. The van der Waals surface area contributed by atoms with Gasteiger partial charge in [-0.05, 0) is 25.0 Å². The summed E-state index contributed by atoms with van der Waals surface area (Å²) < 4.78 is 27.8. The first-order valence-electron chi connectivity index (χ1n) is 7.26. The van der Waals surface area contributed by atoms with Gasteiger partial charge in [0.1, 0.15) is 17.2 Å². The minimum atomic E-state index is -1.04. The summed E-state index contributed by atoms with van der Waals surface area (Å²) >= 11 is 0. The fraction of sp³-hybridized carbons (Fsp3) is 0.500. The van der Waals surface area contributed by atoms with Crippen LogP contribution in [0.4, 0.5) is 8.78 Å². The number of aliphatic hydroxyl groups is 1. The van der Waals surface area contributed by atoms with E-state index in [9.17, 15) is 18.7 Å². The van der Waals surface area contributed by atoms with Gasteiger partial charge in [0, 0.05) is 19.5 Å². The maximum absolute atomic E-state index is 13.9. The second kappa shape index (κ2) is 6.84. The van der Waals surface area contributed by atoms with Crippen molar-refractivity contribution in [2.75, 3.05) is 13.6 Å². The van der Waals surface area contributed by atoms with Gasteiger partial charge < -0.3 is 10.0 Å². The van der Waals surface area contributed by atoms with E-state index < -0.39 is 29.2 Å². The zero-order valence-electron chi connectivity index (χ0n) is 12.4. The summed E-state index contributed by atoms with van der Waals surface area (Å²) in [5.74, 6) is -2.94. The number of aliphatic hydroxyl groups excluding tert-OH is 1. The van der Waals surface area contributed by atoms with Crippen molar-refractivity contribution in [3.8, 4) is 6.07 Å². The van der Waals surface area contributed by atoms with Crippen LogP contribution < -0.4 is 0 Å². The van der Waals surface area contributed by atoms with Crippen molar-refractivity contribution in [2.24, 2.45) is 5.92 Å². The normalized spacial score (nSPS) is 21.2. The lowest BCUT2D eigenvalue weighted by Crippen LogP contribution is -2.38. The Kier molecular flexibility index (Phi) is 5.09. The molecule has 0 heterocycles. The van der Waals surface area contributed by atoms with Crippen LogP contribution in [0.1, 0.15) is 41.6 Å². The average molecular weight is 308 g/mol. The molecule has 0 radical (unpaired) electrons. The van der Waals surface area contributed by atoms with Crippen LogP contribution in [0, 0.1) is 28.9 Å². The first-order chi connectivity index (χ1) is 10.4. The van der Waals surface area contributed by atoms with Crippen LogP contribution in [0.3, 0.4) is 0 Å². The van der Waals surface area contributed by atoms with Gasteiger partial charge in [-0.2, -0.15) is 5.26 Å². The van der Waals surface area contributed by atoms with Crippen molar-refractivity contribution in [1.82, 2.24) is 4.90 Å². The summed E-state index contributed by atoms with van der Waals surface area (Å²) in [7, 11) is 1.46. The quantitative estimate of drug-likeness (QED) is 0.933. The average Bonchev–Trinajstić information content (AvgIpc) is 2.48. The van der Waals surface area contributed by atoms with Gasteiger partial charge in [-0.1, -0.05) is 12.8 Å². The van der Waals surface area contributed by atoms with E-state index in [1.54, 1.807) is 6.07 Å². The molecule has 1 aliphatic carbocycles. The van der Waals surface area contributed by atoms with E-state index in [1.807, 2.05) is 0 Å². The zero-order valence-corrected chi connectivity index (χ0v) is 12.4. The standard InChI is InChI=1S/C16H18F2N2O2/c1-20(9-11-4-2-3-5-14(11)21)16(22)15-12(17)6-10(8-19)7-13(15)18/h6-7,11,14,21H,2-5,9H2,1H3. The smallest absolute Gasteiger partial charge is 0.259 e. The molecule has 0 spiro atoms. The Bertz CT molecular complexity index is 590. The second-order valence-electron chi connectivity index (χ2n) is 5.72. The summed E-state index contributed by atoms with van der Waals surface area (Å²) in [5, 5.41) is 18.6. The van der Waals surface area contributed by atoms with Crippen molar-refractivity contribution in [3.05, 3.63) is 34.9 Å². The summed E-state index contributed by atoms with van der Waals surface area (Å²) in [5.41, 5.74) is -0.830. The molecule has 1 aromatic carbocycles. The molecule has 2 rings (SSSR count). The van der Waals surface area contributed by atoms with Crippen LogP contribution >= 0.6 is 0 Å². The number of hydrogen-bond donors (Lipinski definition) is 1. The molecule has 1 amide bonds. The van der Waals surface area contributed by atoms with Crippen LogP contribution in [0.15, 0.2) is 12.1 Å². The molecule has 6 heteroatoms. The van der Waals surface area contributed by atoms with E-state index in [0.717, 1.165) is 31.4 Å². The van der Waals surface area contributed by atoms with Crippen LogP contribution in [0.25, 0.3) is 0 Å². The number of halogens is 2. The van der Waals surface area contributed by atoms with Gasteiger partial charge in [-0.3, -0.25) is 4.79 Å². The molecule has 1 aromatic rings. The molecule has 0 aromatic heterocycles. The third-order valence-corrected chi connectivity index (χ3v) is 4.11. The Morgan fingerprint density at radius 3 is 2.50 bits per heavy atom. The van der Waals surface area contributed by atoms with Crippen molar-refractivity contribution in [2.45, 2.75) is 31.8 Å². The van der Waals surface area contributed by atoms with Gasteiger partial charge in [-0.25, -0.2) is 8.78 Å². The van der Waals surface area contributed by atoms with Gasteiger partial charge in [0.25, 0.3) is 5.91 Å². The van der Waals surface area contributed by atoms with Gasteiger partial charge in [0.2, 0.25) is 0 Å². The lowest BCUT2D eigenvalue weighted by Gasteiger charge is -2.31. The van der Waals surface area contributed by atoms with Crippen LogP contribution in [0.5, 0.6) is 0 Å². The van der Waals surface area contributed by atoms with Crippen molar-refractivity contribution < 1.29 is 18.7 Å². The summed E-state index contributed by atoms with van der Waals surface area (Å²) in [6.45, 7) is 0.249. The number of carbonyl (C=O) groups is 1. The molecule has 1 aliphatic rings. The minimum Gasteiger partial charge on any atom is -0.393 e. The highest BCUT2D eigenvalue weighted by atomic mass is 19.1. The molecule has 1 N–H and O–H groups in total. The maximum atomic E-state index is 13.9. The highest BCUT2D eigenvalue weighted by Gasteiger charge is 2.28. The molecule has 2 unspecified atom stereocenters. The molecule has 1 fully saturated rings. The number of nitrogens with zero attached hydrogens (tertiary/aromatic N) is 2. The first kappa shape index (κ1) is 16.4. The Morgan fingerprint density at radius 2 is 1.95 bits per heavy atom. The lowest BCUT2D eigenvalue weighted by molar-refractivity contribution is 0.0447. The van der Waals surface area contributed by atoms with Gasteiger partial charge in [0.05, 0.1) is 17.7 Å². The molecule has 0 bridgehead atoms. The number of carbonyl (C=O) groups excluding carboxylic acids is 1. The molecule has 22 heavy (non-hydrogen) atoms. The first-order valence-corrected chi connectivity index (χ1v) is 7.26. The molecule has 4 nitrogen and oxygen atoms in total. The molecular weight excluding hydrogens is 290 g/mol. The van der Waals surface area contributed by atoms with Gasteiger partial charge >= 0.3 is 0 Å². The number of nitriles is 1. The van der Waals surface area contributed by atoms with E-state index >= 15 is 0 Å². The fourth-order valence-electron chi connectivity index (χ4n) is 2.87. The molecular formula is C16H18F2N2O2. The lowest BCUT2D eigenvalue weighted by atomic mass is 9.86. The maximum Gasteiger partial charge on any atom is 0.259 e. The predicted octanol–water partition coefficient (Wildman–Crippen LogP) is 2.46. The Balaban J connectivity index is 2.15. The van der Waals surface area contributed by atoms with E-state index in [-0.39, 0.29) is 18.0 Å². The number of rotatable bonds is 3. The molecule has 1 saturated carbocycles. The van der Waals surface area contributed by atoms with Crippen molar-refractivity contribution >= 4 is 5.91 Å². The van der Waals surface area contributed by atoms with E-state index in [4.69, 9.17) is 5.26 Å². The SMILES string of the molecule is CN(CC1CCCCC1O)C(=O)c1c(F)cc(C#N)cc1F. The molecule has 2 atom stereocenters. The van der Waals surface area contributed by atoms with Gasteiger partial charge in [-0.15, -0.1) is 0 Å². The third-order valence-electron chi connectivity index (χ3n) is 4.11. The Hall–Kier alpha value is -2.00. The second-order valence-corrected chi connectivity index (χ2v) is 5.72. The number of benzene rings is 1. The van der Waals surface area contributed by atoms with Crippen molar-refractivity contribution in [3.63, 3.8) is 0 Å². The highest BCUT2D eigenvalue weighted by Crippen LogP contribution is 2.26. The Labute approximate surface area is 128 Å². The van der Waals surface area contributed by atoms with E-state index in [1.165, 1.54) is 11.9 Å².